The Labute approximate surface area is 132 Å². The number of carboxylic acid groups (broad SMARTS) is 1. The molecule has 114 valence electrons. The number of carboxylic acids is 1. The molecule has 0 saturated heterocycles. The number of carbonyl (C=O) groups excluding carboxylic acids is 1. The molecule has 0 aromatic heterocycles. The molecule has 0 aliphatic rings. The van der Waals surface area contributed by atoms with Gasteiger partial charge in [0.25, 0.3) is 5.91 Å². The van der Waals surface area contributed by atoms with Crippen molar-refractivity contribution in [3.8, 4) is 5.75 Å². The van der Waals surface area contributed by atoms with Crippen LogP contribution < -0.4 is 10.1 Å². The zero-order valence-corrected chi connectivity index (χ0v) is 13.5. The van der Waals surface area contributed by atoms with Crippen LogP contribution in [0, 0.1) is 0 Å². The standard InChI is InChI=1S/C15H18BrNO4/c1-3-9-17-15(20)10(2)21-14-11(7-8-13(18)19)5-4-6-12(14)16/h4-8,10H,3,9H2,1-2H3,(H,17,20)(H,18,19). The van der Waals surface area contributed by atoms with Gasteiger partial charge in [0.05, 0.1) is 4.47 Å². The molecule has 0 saturated carbocycles. The number of carbonyl (C=O) groups is 2. The second-order valence-corrected chi connectivity index (χ2v) is 5.24. The highest BCUT2D eigenvalue weighted by molar-refractivity contribution is 9.10. The lowest BCUT2D eigenvalue weighted by molar-refractivity contribution is -0.131. The van der Waals surface area contributed by atoms with E-state index >= 15 is 0 Å². The molecule has 0 aliphatic carbocycles. The Balaban J connectivity index is 2.91. The van der Waals surface area contributed by atoms with E-state index in [9.17, 15) is 9.59 Å². The first-order valence-corrected chi connectivity index (χ1v) is 7.39. The third kappa shape index (κ3) is 5.59. The van der Waals surface area contributed by atoms with Crippen LogP contribution in [0.1, 0.15) is 25.8 Å². The average Bonchev–Trinajstić information content (AvgIpc) is 2.45. The van der Waals surface area contributed by atoms with Gasteiger partial charge in [0.15, 0.2) is 6.10 Å². The number of para-hydroxylation sites is 1. The van der Waals surface area contributed by atoms with Gasteiger partial charge in [-0.25, -0.2) is 4.79 Å². The number of hydrogen-bond acceptors (Lipinski definition) is 3. The van der Waals surface area contributed by atoms with E-state index in [4.69, 9.17) is 9.84 Å². The first-order valence-electron chi connectivity index (χ1n) is 6.59. The fraction of sp³-hybridized carbons (Fsp3) is 0.333. The summed E-state index contributed by atoms with van der Waals surface area (Å²) in [5, 5.41) is 11.4. The summed E-state index contributed by atoms with van der Waals surface area (Å²) in [6.45, 7) is 4.21. The van der Waals surface area contributed by atoms with Crippen LogP contribution in [0.5, 0.6) is 5.75 Å². The van der Waals surface area contributed by atoms with Crippen LogP contribution in [0.3, 0.4) is 0 Å². The number of amides is 1. The SMILES string of the molecule is CCCNC(=O)C(C)Oc1c(Br)cccc1C=CC(=O)O. The maximum Gasteiger partial charge on any atom is 0.328 e. The third-order valence-electron chi connectivity index (χ3n) is 2.62. The number of ether oxygens (including phenoxy) is 1. The summed E-state index contributed by atoms with van der Waals surface area (Å²) in [5.74, 6) is -0.815. The van der Waals surface area contributed by atoms with Crippen molar-refractivity contribution in [2.45, 2.75) is 26.4 Å². The van der Waals surface area contributed by atoms with Crippen LogP contribution in [0.2, 0.25) is 0 Å². The molecule has 6 heteroatoms. The summed E-state index contributed by atoms with van der Waals surface area (Å²) in [6, 6.07) is 5.25. The average molecular weight is 356 g/mol. The molecule has 5 nitrogen and oxygen atoms in total. The van der Waals surface area contributed by atoms with E-state index in [2.05, 4.69) is 21.2 Å². The van der Waals surface area contributed by atoms with Gasteiger partial charge in [0, 0.05) is 18.2 Å². The maximum absolute atomic E-state index is 11.8. The molecule has 0 bridgehead atoms. The Morgan fingerprint density at radius 2 is 2.19 bits per heavy atom. The molecule has 1 amide bonds. The van der Waals surface area contributed by atoms with Crippen LogP contribution in [0.15, 0.2) is 28.7 Å². The number of halogens is 1. The molecule has 1 aromatic carbocycles. The van der Waals surface area contributed by atoms with Crippen molar-refractivity contribution in [3.05, 3.63) is 34.3 Å². The third-order valence-corrected chi connectivity index (χ3v) is 3.24. The van der Waals surface area contributed by atoms with Crippen molar-refractivity contribution < 1.29 is 19.4 Å². The molecule has 0 aliphatic heterocycles. The maximum atomic E-state index is 11.8. The lowest BCUT2D eigenvalue weighted by Gasteiger charge is -2.17. The van der Waals surface area contributed by atoms with Crippen LogP contribution in [0.4, 0.5) is 0 Å². The zero-order chi connectivity index (χ0) is 15.8. The highest BCUT2D eigenvalue weighted by Gasteiger charge is 2.17. The van der Waals surface area contributed by atoms with Crippen molar-refractivity contribution >= 4 is 33.9 Å². The Bertz CT molecular complexity index is 542. The minimum absolute atomic E-state index is 0.208. The molecule has 1 aromatic rings. The van der Waals surface area contributed by atoms with Gasteiger partial charge in [-0.2, -0.15) is 0 Å². The van der Waals surface area contributed by atoms with Crippen LogP contribution >= 0.6 is 15.9 Å². The summed E-state index contributed by atoms with van der Waals surface area (Å²) in [4.78, 5) is 22.4. The molecule has 1 rings (SSSR count). The summed E-state index contributed by atoms with van der Waals surface area (Å²) < 4.78 is 6.32. The molecular formula is C15H18BrNO4. The van der Waals surface area contributed by atoms with Crippen molar-refractivity contribution in [2.75, 3.05) is 6.54 Å². The highest BCUT2D eigenvalue weighted by Crippen LogP contribution is 2.31. The van der Waals surface area contributed by atoms with Crippen LogP contribution in [-0.4, -0.2) is 29.6 Å². The lowest BCUT2D eigenvalue weighted by Crippen LogP contribution is -2.36. The summed E-state index contributed by atoms with van der Waals surface area (Å²) >= 11 is 3.35. The quantitative estimate of drug-likeness (QED) is 0.737. The van der Waals surface area contributed by atoms with Gasteiger partial charge >= 0.3 is 5.97 Å². The first-order chi connectivity index (χ1) is 9.95. The highest BCUT2D eigenvalue weighted by atomic mass is 79.9. The van der Waals surface area contributed by atoms with Crippen LogP contribution in [-0.2, 0) is 9.59 Å². The van der Waals surface area contributed by atoms with Gasteiger partial charge in [-0.1, -0.05) is 19.1 Å². The minimum atomic E-state index is -1.05. The molecule has 0 heterocycles. The van der Waals surface area contributed by atoms with E-state index in [1.807, 2.05) is 6.92 Å². The lowest BCUT2D eigenvalue weighted by atomic mass is 10.2. The number of nitrogens with one attached hydrogen (secondary N) is 1. The molecular weight excluding hydrogens is 338 g/mol. The monoisotopic (exact) mass is 355 g/mol. The van der Waals surface area contributed by atoms with Gasteiger partial charge in [0.1, 0.15) is 5.75 Å². The number of hydrogen-bond donors (Lipinski definition) is 2. The molecule has 0 radical (unpaired) electrons. The van der Waals surface area contributed by atoms with Gasteiger partial charge in [-0.3, -0.25) is 4.79 Å². The molecule has 1 atom stereocenters. The fourth-order valence-electron chi connectivity index (χ4n) is 1.56. The minimum Gasteiger partial charge on any atom is -0.479 e. The Hall–Kier alpha value is -1.82. The smallest absolute Gasteiger partial charge is 0.328 e. The summed E-state index contributed by atoms with van der Waals surface area (Å²) in [6.07, 6.45) is 2.63. The van der Waals surface area contributed by atoms with Crippen molar-refractivity contribution in [2.24, 2.45) is 0 Å². The molecule has 0 spiro atoms. The zero-order valence-electron chi connectivity index (χ0n) is 11.9. The van der Waals surface area contributed by atoms with E-state index in [1.54, 1.807) is 25.1 Å². The van der Waals surface area contributed by atoms with Crippen molar-refractivity contribution in [3.63, 3.8) is 0 Å². The molecule has 0 fully saturated rings. The predicted molar refractivity (Wildman–Crippen MR) is 84.2 cm³/mol. The first kappa shape index (κ1) is 17.2. The fourth-order valence-corrected chi connectivity index (χ4v) is 2.04. The molecule has 1 unspecified atom stereocenters. The molecule has 21 heavy (non-hydrogen) atoms. The molecule has 2 N–H and O–H groups in total. The summed E-state index contributed by atoms with van der Waals surface area (Å²) in [7, 11) is 0. The number of benzene rings is 1. The van der Waals surface area contributed by atoms with Gasteiger partial charge in [0.2, 0.25) is 0 Å². The predicted octanol–water partition coefficient (Wildman–Crippen LogP) is 2.84. The largest absolute Gasteiger partial charge is 0.479 e. The van der Waals surface area contributed by atoms with E-state index < -0.39 is 12.1 Å². The second-order valence-electron chi connectivity index (χ2n) is 4.38. The second kappa shape index (κ2) is 8.46. The van der Waals surface area contributed by atoms with Gasteiger partial charge in [-0.05, 0) is 41.4 Å². The Morgan fingerprint density at radius 1 is 1.48 bits per heavy atom. The normalized spacial score (nSPS) is 12.1. The van der Waals surface area contributed by atoms with E-state index in [0.717, 1.165) is 12.5 Å². The Kier molecular flexibility index (Phi) is 6.94. The topological polar surface area (TPSA) is 75.6 Å². The number of aliphatic carboxylic acids is 1. The van der Waals surface area contributed by atoms with Gasteiger partial charge in [-0.15, -0.1) is 0 Å². The van der Waals surface area contributed by atoms with E-state index in [1.165, 1.54) is 6.08 Å². The summed E-state index contributed by atoms with van der Waals surface area (Å²) in [5.41, 5.74) is 0.585. The van der Waals surface area contributed by atoms with Crippen molar-refractivity contribution in [1.82, 2.24) is 5.32 Å². The van der Waals surface area contributed by atoms with Gasteiger partial charge < -0.3 is 15.2 Å². The van der Waals surface area contributed by atoms with Crippen molar-refractivity contribution in [1.29, 1.82) is 0 Å². The van der Waals surface area contributed by atoms with Crippen LogP contribution in [0.25, 0.3) is 6.08 Å². The van der Waals surface area contributed by atoms with E-state index in [0.29, 0.717) is 22.3 Å². The Morgan fingerprint density at radius 3 is 2.81 bits per heavy atom. The number of rotatable bonds is 7. The van der Waals surface area contributed by atoms with E-state index in [-0.39, 0.29) is 5.91 Å².